The lowest BCUT2D eigenvalue weighted by Gasteiger charge is -2.48. The number of hydrogen-bond donors (Lipinski definition) is 12. The van der Waals surface area contributed by atoms with Gasteiger partial charge in [-0.15, -0.1) is 0 Å². The largest absolute Gasteiger partial charge is 0.394 e. The molecule has 0 aliphatic carbocycles. The summed E-state index contributed by atoms with van der Waals surface area (Å²) >= 11 is 0. The van der Waals surface area contributed by atoms with E-state index < -0.39 is 124 Å². The molecule has 0 aromatic rings. The van der Waals surface area contributed by atoms with Gasteiger partial charge in [-0.05, 0) is 89.9 Å². The number of ether oxygens (including phenoxy) is 6. The van der Waals surface area contributed by atoms with Crippen molar-refractivity contribution < 1.29 is 89.4 Å². The molecule has 3 fully saturated rings. The number of carbonyl (C=O) groups is 1. The zero-order valence-corrected chi connectivity index (χ0v) is 55.7. The van der Waals surface area contributed by atoms with Gasteiger partial charge in [0.2, 0.25) is 5.91 Å². The van der Waals surface area contributed by atoms with Crippen molar-refractivity contribution in [1.29, 1.82) is 0 Å². The zero-order valence-electron chi connectivity index (χ0n) is 55.7. The number of carbonyl (C=O) groups excluding carboxylic acids is 1. The summed E-state index contributed by atoms with van der Waals surface area (Å²) in [4.78, 5) is 13.4. The molecule has 3 aliphatic rings. The van der Waals surface area contributed by atoms with Crippen LogP contribution in [0.1, 0.15) is 213 Å². The van der Waals surface area contributed by atoms with Gasteiger partial charge in [-0.1, -0.05) is 226 Å². The summed E-state index contributed by atoms with van der Waals surface area (Å²) in [5.41, 5.74) is 0. The number of allylic oxidation sites excluding steroid dienone is 17. The molecule has 12 N–H and O–H groups in total. The number of aliphatic hydroxyl groups is 11. The van der Waals surface area contributed by atoms with Crippen LogP contribution in [0.15, 0.2) is 109 Å². The Morgan fingerprint density at radius 1 is 0.402 bits per heavy atom. The standard InChI is InChI=1S/C73H123NO18/c1-3-5-7-9-11-13-15-16-17-18-19-20-21-22-23-24-25-26-27-28-29-30-31-32-33-34-35-36-37-38-39-40-41-43-45-47-49-51-61(79)74-56(57(78)50-48-46-44-42-14-12-10-8-6-4-2)55-87-71-67(85)64(82)69(59(53-76)89-71)92-73-68(86)65(83)70(60(54-77)90-73)91-72-66(84)63(81)62(80)58(52-75)88-72/h5,7,11,13-14,16-17,19-20,22-23,25-26,28-29,42,48,50,56-60,62-73,75-78,80-86H,3-4,6,8-10,12,15,18,21,24,27,30-41,43-47,49,51-55H2,1-2H3,(H,74,79)/b7-5-,13-11-,17-16-,20-19-,23-22-,26-25-,29-28-,42-14+,50-48+. The van der Waals surface area contributed by atoms with Gasteiger partial charge in [-0.3, -0.25) is 4.79 Å². The molecule has 3 aliphatic heterocycles. The molecule has 17 unspecified atom stereocenters. The second-order valence-electron chi connectivity index (χ2n) is 24.6. The van der Waals surface area contributed by atoms with E-state index in [4.69, 9.17) is 28.4 Å². The monoisotopic (exact) mass is 1300 g/mol. The summed E-state index contributed by atoms with van der Waals surface area (Å²) in [6.07, 6.45) is 45.4. The van der Waals surface area contributed by atoms with Gasteiger partial charge in [0, 0.05) is 6.42 Å². The van der Waals surface area contributed by atoms with Gasteiger partial charge < -0.3 is 89.9 Å². The Morgan fingerprint density at radius 3 is 1.22 bits per heavy atom. The van der Waals surface area contributed by atoms with Crippen LogP contribution in [0.2, 0.25) is 0 Å². The Hall–Kier alpha value is -3.55. The van der Waals surface area contributed by atoms with Crippen LogP contribution in [0.4, 0.5) is 0 Å². The van der Waals surface area contributed by atoms with Gasteiger partial charge in [0.1, 0.15) is 73.2 Å². The van der Waals surface area contributed by atoms with Crippen molar-refractivity contribution in [3.8, 4) is 0 Å². The topological polar surface area (TPSA) is 307 Å². The maximum absolute atomic E-state index is 13.4. The van der Waals surface area contributed by atoms with E-state index in [1.807, 2.05) is 6.08 Å². The predicted octanol–water partition coefficient (Wildman–Crippen LogP) is 9.44. The van der Waals surface area contributed by atoms with Crippen LogP contribution in [0.25, 0.3) is 0 Å². The van der Waals surface area contributed by atoms with Crippen LogP contribution in [-0.4, -0.2) is 193 Å². The van der Waals surface area contributed by atoms with E-state index >= 15 is 0 Å². The minimum absolute atomic E-state index is 0.229. The lowest BCUT2D eigenvalue weighted by atomic mass is 9.96. The first-order valence-electron chi connectivity index (χ1n) is 35.1. The predicted molar refractivity (Wildman–Crippen MR) is 360 cm³/mol. The van der Waals surface area contributed by atoms with Crippen molar-refractivity contribution in [3.63, 3.8) is 0 Å². The highest BCUT2D eigenvalue weighted by molar-refractivity contribution is 5.76. The molecule has 0 saturated carbocycles. The second kappa shape index (κ2) is 53.6. The number of rotatable bonds is 52. The van der Waals surface area contributed by atoms with E-state index in [9.17, 15) is 61.0 Å². The van der Waals surface area contributed by atoms with E-state index in [1.165, 1.54) is 89.9 Å². The van der Waals surface area contributed by atoms with Crippen LogP contribution in [0.3, 0.4) is 0 Å². The van der Waals surface area contributed by atoms with Crippen molar-refractivity contribution in [2.75, 3.05) is 26.4 Å². The molecule has 3 heterocycles. The Bertz CT molecular complexity index is 2090. The van der Waals surface area contributed by atoms with Crippen molar-refractivity contribution in [3.05, 3.63) is 109 Å². The fourth-order valence-corrected chi connectivity index (χ4v) is 11.1. The number of amides is 1. The van der Waals surface area contributed by atoms with Crippen LogP contribution in [-0.2, 0) is 33.2 Å². The van der Waals surface area contributed by atoms with Gasteiger partial charge >= 0.3 is 0 Å². The van der Waals surface area contributed by atoms with E-state index in [0.717, 1.165) is 89.9 Å². The highest BCUT2D eigenvalue weighted by Crippen LogP contribution is 2.33. The maximum atomic E-state index is 13.4. The molecule has 19 heteroatoms. The zero-order chi connectivity index (χ0) is 66.8. The van der Waals surface area contributed by atoms with Gasteiger partial charge in [-0.25, -0.2) is 0 Å². The Morgan fingerprint density at radius 2 is 0.761 bits per heavy atom. The number of nitrogens with one attached hydrogen (secondary N) is 1. The molecule has 1 amide bonds. The quantitative estimate of drug-likeness (QED) is 0.0199. The second-order valence-corrected chi connectivity index (χ2v) is 24.6. The molecule has 0 radical (unpaired) electrons. The Kier molecular flexibility index (Phi) is 48.1. The first-order valence-corrected chi connectivity index (χ1v) is 35.1. The van der Waals surface area contributed by atoms with Crippen molar-refractivity contribution >= 4 is 5.91 Å². The van der Waals surface area contributed by atoms with Gasteiger partial charge in [0.05, 0.1) is 38.6 Å². The third-order valence-electron chi connectivity index (χ3n) is 16.8. The van der Waals surface area contributed by atoms with Crippen LogP contribution < -0.4 is 5.32 Å². The molecule has 0 bridgehead atoms. The third-order valence-corrected chi connectivity index (χ3v) is 16.8. The number of hydrogen-bond acceptors (Lipinski definition) is 18. The lowest BCUT2D eigenvalue weighted by Crippen LogP contribution is -2.66. The van der Waals surface area contributed by atoms with Gasteiger partial charge in [0.15, 0.2) is 18.9 Å². The molecule has 0 aromatic heterocycles. The number of unbranched alkanes of at least 4 members (excludes halogenated alkanes) is 20. The van der Waals surface area contributed by atoms with Crippen LogP contribution in [0, 0.1) is 0 Å². The summed E-state index contributed by atoms with van der Waals surface area (Å²) < 4.78 is 34.2. The summed E-state index contributed by atoms with van der Waals surface area (Å²) in [7, 11) is 0. The minimum Gasteiger partial charge on any atom is -0.394 e. The molecule has 92 heavy (non-hydrogen) atoms. The van der Waals surface area contributed by atoms with E-state index in [-0.39, 0.29) is 18.9 Å². The van der Waals surface area contributed by atoms with Crippen molar-refractivity contribution in [2.24, 2.45) is 0 Å². The fraction of sp³-hybridized carbons (Fsp3) is 0.740. The molecular weight excluding hydrogens is 1180 g/mol. The average Bonchev–Trinajstić information content (AvgIpc) is 0.799. The average molecular weight is 1300 g/mol. The Balaban J connectivity index is 1.32. The van der Waals surface area contributed by atoms with Gasteiger partial charge in [-0.2, -0.15) is 0 Å². The summed E-state index contributed by atoms with van der Waals surface area (Å²) in [5, 5.41) is 120. The van der Waals surface area contributed by atoms with E-state index in [0.29, 0.717) is 12.8 Å². The van der Waals surface area contributed by atoms with Crippen LogP contribution >= 0.6 is 0 Å². The van der Waals surface area contributed by atoms with Crippen LogP contribution in [0.5, 0.6) is 0 Å². The number of aliphatic hydroxyl groups excluding tert-OH is 11. The van der Waals surface area contributed by atoms with Crippen molar-refractivity contribution in [2.45, 2.75) is 317 Å². The first kappa shape index (κ1) is 82.7. The third kappa shape index (κ3) is 34.9. The molecular formula is C73H123NO18. The molecule has 19 nitrogen and oxygen atoms in total. The van der Waals surface area contributed by atoms with Crippen molar-refractivity contribution in [1.82, 2.24) is 5.32 Å². The summed E-state index contributed by atoms with van der Waals surface area (Å²) in [6, 6.07) is -0.994. The van der Waals surface area contributed by atoms with Gasteiger partial charge in [0.25, 0.3) is 0 Å². The molecule has 0 spiro atoms. The highest BCUT2D eigenvalue weighted by atomic mass is 16.8. The minimum atomic E-state index is -1.98. The van der Waals surface area contributed by atoms with E-state index in [2.05, 4.69) is 116 Å². The molecule has 528 valence electrons. The van der Waals surface area contributed by atoms with E-state index in [1.54, 1.807) is 6.08 Å². The normalized spacial score (nSPS) is 28.4. The first-order chi connectivity index (χ1) is 44.8. The highest BCUT2D eigenvalue weighted by Gasteiger charge is 2.53. The summed E-state index contributed by atoms with van der Waals surface area (Å²) in [6.45, 7) is 1.53. The smallest absolute Gasteiger partial charge is 0.220 e. The molecule has 3 rings (SSSR count). The maximum Gasteiger partial charge on any atom is 0.220 e. The Labute approximate surface area is 551 Å². The molecule has 3 saturated heterocycles. The fourth-order valence-electron chi connectivity index (χ4n) is 11.1. The SMILES string of the molecule is CC/C=C\C/C=C\C/C=C\C/C=C\C/C=C\C/C=C\C/C=C\CCCCCCCCCCCCCCCCCC(=O)NC(COC1OC(CO)C(OC2OC(CO)C(OC3OC(CO)C(O)C(O)C3O)C(O)C2O)C(O)C1O)C(O)/C=C/CC/C=C/CCCCCC. The summed E-state index contributed by atoms with van der Waals surface area (Å²) in [5.74, 6) is -0.292. The lowest BCUT2D eigenvalue weighted by molar-refractivity contribution is -0.379. The molecule has 17 atom stereocenters. The molecule has 0 aromatic carbocycles.